The van der Waals surface area contributed by atoms with E-state index in [-0.39, 0.29) is 12.6 Å². The minimum atomic E-state index is -0.875. The molecule has 1 unspecified atom stereocenters. The molecule has 1 heterocycles. The average Bonchev–Trinajstić information content (AvgIpc) is 2.48. The predicted molar refractivity (Wildman–Crippen MR) is 44.0 cm³/mol. The molecule has 4 heteroatoms. The second-order valence-corrected chi connectivity index (χ2v) is 2.80. The van der Waals surface area contributed by atoms with Gasteiger partial charge in [0, 0.05) is 6.54 Å². The number of hydrogen-bond donors (Lipinski definition) is 2. The van der Waals surface area contributed by atoms with Crippen LogP contribution in [0.5, 0.6) is 0 Å². The third-order valence-corrected chi connectivity index (χ3v) is 2.01. The van der Waals surface area contributed by atoms with Gasteiger partial charge in [0.05, 0.1) is 12.6 Å². The van der Waals surface area contributed by atoms with Gasteiger partial charge in [0.2, 0.25) is 0 Å². The van der Waals surface area contributed by atoms with E-state index in [9.17, 15) is 4.79 Å². The summed E-state index contributed by atoms with van der Waals surface area (Å²) in [5.41, 5.74) is 0. The molecule has 1 amide bonds. The number of likely N-dealkylation sites (tertiary alicyclic amines) is 1. The van der Waals surface area contributed by atoms with Crippen molar-refractivity contribution in [2.45, 2.75) is 18.9 Å². The van der Waals surface area contributed by atoms with Gasteiger partial charge in [-0.25, -0.2) is 4.79 Å². The summed E-state index contributed by atoms with van der Waals surface area (Å²) >= 11 is 0. The van der Waals surface area contributed by atoms with Gasteiger partial charge in [-0.3, -0.25) is 0 Å². The fourth-order valence-corrected chi connectivity index (χ4v) is 1.45. The molecule has 1 saturated heterocycles. The smallest absolute Gasteiger partial charge is 0.407 e. The molecule has 1 rings (SSSR count). The summed E-state index contributed by atoms with van der Waals surface area (Å²) in [6.45, 7) is 0.583. The maximum atomic E-state index is 10.6. The van der Waals surface area contributed by atoms with Crippen LogP contribution in [0.4, 0.5) is 4.79 Å². The van der Waals surface area contributed by atoms with Crippen LogP contribution >= 0.6 is 0 Å². The molecule has 4 nitrogen and oxygen atoms in total. The topological polar surface area (TPSA) is 60.8 Å². The maximum Gasteiger partial charge on any atom is 0.407 e. The first-order valence-corrected chi connectivity index (χ1v) is 4.03. The molecule has 0 saturated carbocycles. The molecule has 1 fully saturated rings. The van der Waals surface area contributed by atoms with E-state index in [1.807, 2.05) is 0 Å². The normalized spacial score (nSPS) is 23.8. The van der Waals surface area contributed by atoms with Crippen molar-refractivity contribution in [3.05, 3.63) is 12.2 Å². The first-order chi connectivity index (χ1) is 5.75. The second-order valence-electron chi connectivity index (χ2n) is 2.80. The first-order valence-electron chi connectivity index (χ1n) is 4.03. The third-order valence-electron chi connectivity index (χ3n) is 2.01. The van der Waals surface area contributed by atoms with Gasteiger partial charge in [0.15, 0.2) is 0 Å². The Labute approximate surface area is 71.1 Å². The van der Waals surface area contributed by atoms with E-state index in [4.69, 9.17) is 10.2 Å². The summed E-state index contributed by atoms with van der Waals surface area (Å²) in [4.78, 5) is 12.0. The lowest BCUT2D eigenvalue weighted by Crippen LogP contribution is -2.32. The van der Waals surface area contributed by atoms with Crippen molar-refractivity contribution in [2.24, 2.45) is 0 Å². The summed E-state index contributed by atoms with van der Waals surface area (Å²) in [7, 11) is 0. The molecular formula is C8H13NO3. The largest absolute Gasteiger partial charge is 0.465 e. The maximum absolute atomic E-state index is 10.6. The van der Waals surface area contributed by atoms with E-state index in [0.717, 1.165) is 12.8 Å². The molecule has 0 bridgehead atoms. The zero-order valence-electron chi connectivity index (χ0n) is 6.81. The van der Waals surface area contributed by atoms with Crippen LogP contribution in [0.2, 0.25) is 0 Å². The molecule has 0 aromatic rings. The molecule has 2 N–H and O–H groups in total. The Morgan fingerprint density at radius 2 is 2.42 bits per heavy atom. The van der Waals surface area contributed by atoms with E-state index in [1.54, 1.807) is 12.2 Å². The molecule has 0 spiro atoms. The number of nitrogens with zero attached hydrogens (tertiary/aromatic N) is 1. The summed E-state index contributed by atoms with van der Waals surface area (Å²) in [5, 5.41) is 17.2. The van der Waals surface area contributed by atoms with Crippen molar-refractivity contribution >= 4 is 6.09 Å². The molecule has 0 aromatic carbocycles. The van der Waals surface area contributed by atoms with Gasteiger partial charge < -0.3 is 15.1 Å². The molecule has 1 atom stereocenters. The van der Waals surface area contributed by atoms with Crippen molar-refractivity contribution in [2.75, 3.05) is 13.2 Å². The van der Waals surface area contributed by atoms with Crippen molar-refractivity contribution in [1.82, 2.24) is 4.90 Å². The quantitative estimate of drug-likeness (QED) is 0.600. The Balaban J connectivity index is 2.52. The number of amides is 1. The highest BCUT2D eigenvalue weighted by molar-refractivity contribution is 5.66. The molecule has 12 heavy (non-hydrogen) atoms. The van der Waals surface area contributed by atoms with Gasteiger partial charge >= 0.3 is 6.09 Å². The Hall–Kier alpha value is -1.03. The number of rotatable bonds is 2. The molecule has 1 aliphatic rings. The highest BCUT2D eigenvalue weighted by Crippen LogP contribution is 2.17. The zero-order valence-corrected chi connectivity index (χ0v) is 6.81. The lowest BCUT2D eigenvalue weighted by Gasteiger charge is -2.17. The SMILES string of the molecule is O=C(O)N1CCCC1C=CCO. The Bertz CT molecular complexity index is 191. The second kappa shape index (κ2) is 4.11. The van der Waals surface area contributed by atoms with Crippen LogP contribution in [0.3, 0.4) is 0 Å². The van der Waals surface area contributed by atoms with Gasteiger partial charge in [-0.15, -0.1) is 0 Å². The number of aliphatic hydroxyl groups is 1. The van der Waals surface area contributed by atoms with Crippen molar-refractivity contribution in [1.29, 1.82) is 0 Å². The zero-order chi connectivity index (χ0) is 8.97. The van der Waals surface area contributed by atoms with Crippen LogP contribution in [0.1, 0.15) is 12.8 Å². The van der Waals surface area contributed by atoms with Gasteiger partial charge in [-0.1, -0.05) is 12.2 Å². The van der Waals surface area contributed by atoms with Crippen LogP contribution in [0, 0.1) is 0 Å². The van der Waals surface area contributed by atoms with Crippen LogP contribution in [-0.4, -0.2) is 40.4 Å². The summed E-state index contributed by atoms with van der Waals surface area (Å²) < 4.78 is 0. The number of carboxylic acid groups (broad SMARTS) is 1. The fourth-order valence-electron chi connectivity index (χ4n) is 1.45. The van der Waals surface area contributed by atoms with Gasteiger partial charge in [-0.2, -0.15) is 0 Å². The van der Waals surface area contributed by atoms with E-state index < -0.39 is 6.09 Å². The van der Waals surface area contributed by atoms with Crippen molar-refractivity contribution < 1.29 is 15.0 Å². The van der Waals surface area contributed by atoms with Crippen molar-refractivity contribution in [3.8, 4) is 0 Å². The van der Waals surface area contributed by atoms with Crippen LogP contribution in [-0.2, 0) is 0 Å². The lowest BCUT2D eigenvalue weighted by molar-refractivity contribution is 0.147. The molecule has 68 valence electrons. The average molecular weight is 171 g/mol. The number of hydrogen-bond acceptors (Lipinski definition) is 2. The van der Waals surface area contributed by atoms with E-state index in [0.29, 0.717) is 6.54 Å². The highest BCUT2D eigenvalue weighted by atomic mass is 16.4. The first kappa shape index (κ1) is 9.06. The summed E-state index contributed by atoms with van der Waals surface area (Å²) in [6, 6.07) is -0.0327. The third kappa shape index (κ3) is 1.98. The number of aliphatic hydroxyl groups excluding tert-OH is 1. The minimum Gasteiger partial charge on any atom is -0.465 e. The van der Waals surface area contributed by atoms with Gasteiger partial charge in [0.25, 0.3) is 0 Å². The van der Waals surface area contributed by atoms with Crippen LogP contribution in [0.15, 0.2) is 12.2 Å². The Kier molecular flexibility index (Phi) is 3.10. The predicted octanol–water partition coefficient (Wildman–Crippen LogP) is 0.677. The molecule has 1 aliphatic heterocycles. The van der Waals surface area contributed by atoms with Crippen molar-refractivity contribution in [3.63, 3.8) is 0 Å². The summed E-state index contributed by atoms with van der Waals surface area (Å²) in [6.07, 6.45) is 4.24. The fraction of sp³-hybridized carbons (Fsp3) is 0.625. The van der Waals surface area contributed by atoms with E-state index >= 15 is 0 Å². The molecule has 0 aromatic heterocycles. The monoisotopic (exact) mass is 171 g/mol. The van der Waals surface area contributed by atoms with Gasteiger partial charge in [-0.05, 0) is 12.8 Å². The minimum absolute atomic E-state index is 0.0239. The Morgan fingerprint density at radius 3 is 3.00 bits per heavy atom. The highest BCUT2D eigenvalue weighted by Gasteiger charge is 2.25. The van der Waals surface area contributed by atoms with Gasteiger partial charge in [0.1, 0.15) is 0 Å². The summed E-state index contributed by atoms with van der Waals surface area (Å²) in [5.74, 6) is 0. The molecule has 0 aliphatic carbocycles. The number of carbonyl (C=O) groups is 1. The molecule has 0 radical (unpaired) electrons. The van der Waals surface area contributed by atoms with Crippen LogP contribution in [0.25, 0.3) is 0 Å². The van der Waals surface area contributed by atoms with E-state index in [2.05, 4.69) is 0 Å². The van der Waals surface area contributed by atoms with E-state index in [1.165, 1.54) is 4.90 Å². The molecular weight excluding hydrogens is 158 g/mol. The lowest BCUT2D eigenvalue weighted by atomic mass is 10.2. The Morgan fingerprint density at radius 1 is 1.67 bits per heavy atom. The standard InChI is InChI=1S/C8H13NO3/c10-6-2-4-7-3-1-5-9(7)8(11)12/h2,4,7,10H,1,3,5-6H2,(H,11,12). The van der Waals surface area contributed by atoms with Crippen LogP contribution < -0.4 is 0 Å².